The molecule has 1 aromatic heterocycles. The predicted octanol–water partition coefficient (Wildman–Crippen LogP) is 3.97. The molecule has 1 heterocycles. The van der Waals surface area contributed by atoms with Crippen LogP contribution in [0.15, 0.2) is 76.8 Å². The standard InChI is InChI=1S/C25H27N3O3/c1-25(2,3)20-11-7-18(8-12-20)16-26-27-23(29)22-6-5-15-28(24(22)30)17-19-9-13-21(31-4)14-10-19/h5-16H,17H2,1-4H3,(H,27,29)/b26-16-. The number of amides is 1. The number of aromatic nitrogens is 1. The van der Waals surface area contributed by atoms with Crippen LogP contribution in [0.2, 0.25) is 0 Å². The van der Waals surface area contributed by atoms with Crippen molar-refractivity contribution in [3.05, 3.63) is 99.5 Å². The fourth-order valence-corrected chi connectivity index (χ4v) is 3.06. The Balaban J connectivity index is 1.68. The monoisotopic (exact) mass is 417 g/mol. The van der Waals surface area contributed by atoms with Crippen molar-refractivity contribution in [1.82, 2.24) is 9.99 Å². The number of ether oxygens (including phenoxy) is 1. The van der Waals surface area contributed by atoms with Crippen molar-refractivity contribution < 1.29 is 9.53 Å². The van der Waals surface area contributed by atoms with Gasteiger partial charge in [0.2, 0.25) is 0 Å². The molecule has 0 aliphatic carbocycles. The van der Waals surface area contributed by atoms with Gasteiger partial charge in [0, 0.05) is 6.20 Å². The average Bonchev–Trinajstić information content (AvgIpc) is 2.75. The lowest BCUT2D eigenvalue weighted by Gasteiger charge is -2.18. The first-order chi connectivity index (χ1) is 14.8. The van der Waals surface area contributed by atoms with E-state index in [0.29, 0.717) is 6.54 Å². The Labute approximate surface area is 182 Å². The molecule has 0 saturated carbocycles. The second kappa shape index (κ2) is 9.43. The van der Waals surface area contributed by atoms with E-state index in [-0.39, 0.29) is 16.5 Å². The van der Waals surface area contributed by atoms with Crippen LogP contribution < -0.4 is 15.7 Å². The molecule has 0 aliphatic heterocycles. The van der Waals surface area contributed by atoms with E-state index in [1.807, 2.05) is 48.5 Å². The first-order valence-electron chi connectivity index (χ1n) is 10.0. The minimum atomic E-state index is -0.545. The molecular formula is C25H27N3O3. The highest BCUT2D eigenvalue weighted by Crippen LogP contribution is 2.21. The summed E-state index contributed by atoms with van der Waals surface area (Å²) < 4.78 is 6.64. The predicted molar refractivity (Wildman–Crippen MR) is 123 cm³/mol. The van der Waals surface area contributed by atoms with Crippen LogP contribution in [0.1, 0.15) is 47.8 Å². The van der Waals surface area contributed by atoms with E-state index in [4.69, 9.17) is 4.74 Å². The molecule has 160 valence electrons. The van der Waals surface area contributed by atoms with Crippen LogP contribution in [0.3, 0.4) is 0 Å². The summed E-state index contributed by atoms with van der Waals surface area (Å²) >= 11 is 0. The van der Waals surface area contributed by atoms with Gasteiger partial charge in [0.05, 0.1) is 19.9 Å². The molecule has 0 spiro atoms. The van der Waals surface area contributed by atoms with Crippen LogP contribution >= 0.6 is 0 Å². The fourth-order valence-electron chi connectivity index (χ4n) is 3.06. The van der Waals surface area contributed by atoms with Gasteiger partial charge < -0.3 is 9.30 Å². The third kappa shape index (κ3) is 5.69. The zero-order valence-corrected chi connectivity index (χ0v) is 18.3. The van der Waals surface area contributed by atoms with Gasteiger partial charge in [-0.2, -0.15) is 5.10 Å². The molecule has 3 aromatic rings. The lowest BCUT2D eigenvalue weighted by molar-refractivity contribution is 0.0953. The zero-order valence-electron chi connectivity index (χ0n) is 18.3. The molecule has 6 heteroatoms. The van der Waals surface area contributed by atoms with Crippen molar-refractivity contribution >= 4 is 12.1 Å². The number of carbonyl (C=O) groups is 1. The summed E-state index contributed by atoms with van der Waals surface area (Å²) in [6.45, 7) is 6.81. The number of hydrogen-bond donors (Lipinski definition) is 1. The Morgan fingerprint density at radius 1 is 1.06 bits per heavy atom. The summed E-state index contributed by atoms with van der Waals surface area (Å²) in [6.07, 6.45) is 3.21. The lowest BCUT2D eigenvalue weighted by Crippen LogP contribution is -2.30. The van der Waals surface area contributed by atoms with E-state index in [1.165, 1.54) is 16.2 Å². The highest BCUT2D eigenvalue weighted by atomic mass is 16.5. The Morgan fingerprint density at radius 3 is 2.35 bits per heavy atom. The van der Waals surface area contributed by atoms with Crippen molar-refractivity contribution in [2.45, 2.75) is 32.7 Å². The Morgan fingerprint density at radius 2 is 1.74 bits per heavy atom. The van der Waals surface area contributed by atoms with Crippen LogP contribution in [-0.2, 0) is 12.0 Å². The van der Waals surface area contributed by atoms with E-state index < -0.39 is 5.91 Å². The van der Waals surface area contributed by atoms with E-state index in [2.05, 4.69) is 31.3 Å². The first kappa shape index (κ1) is 22.0. The molecule has 0 bridgehead atoms. The molecule has 6 nitrogen and oxygen atoms in total. The Bertz CT molecular complexity index is 1120. The lowest BCUT2D eigenvalue weighted by atomic mass is 9.87. The largest absolute Gasteiger partial charge is 0.497 e. The van der Waals surface area contributed by atoms with Crippen molar-refractivity contribution in [1.29, 1.82) is 0 Å². The quantitative estimate of drug-likeness (QED) is 0.487. The maximum Gasteiger partial charge on any atom is 0.276 e. The van der Waals surface area contributed by atoms with Crippen LogP contribution in [0.4, 0.5) is 0 Å². The van der Waals surface area contributed by atoms with Crippen LogP contribution in [0.25, 0.3) is 0 Å². The van der Waals surface area contributed by atoms with Gasteiger partial charge in [-0.05, 0) is 46.4 Å². The normalized spacial score (nSPS) is 11.5. The minimum absolute atomic E-state index is 0.0382. The van der Waals surface area contributed by atoms with Gasteiger partial charge in [-0.3, -0.25) is 9.59 Å². The highest BCUT2D eigenvalue weighted by Gasteiger charge is 2.13. The van der Waals surface area contributed by atoms with Gasteiger partial charge in [-0.25, -0.2) is 5.43 Å². The number of pyridine rings is 1. The van der Waals surface area contributed by atoms with Crippen molar-refractivity contribution in [2.75, 3.05) is 7.11 Å². The molecule has 0 atom stereocenters. The zero-order chi connectivity index (χ0) is 22.4. The molecule has 0 aliphatic rings. The van der Waals surface area contributed by atoms with E-state index in [1.54, 1.807) is 25.6 Å². The maximum atomic E-state index is 12.7. The summed E-state index contributed by atoms with van der Waals surface area (Å²) in [5, 5.41) is 4.00. The van der Waals surface area contributed by atoms with Gasteiger partial charge in [0.25, 0.3) is 11.5 Å². The van der Waals surface area contributed by atoms with E-state index in [0.717, 1.165) is 16.9 Å². The van der Waals surface area contributed by atoms with E-state index >= 15 is 0 Å². The number of hydrazone groups is 1. The molecule has 1 N–H and O–H groups in total. The number of hydrogen-bond acceptors (Lipinski definition) is 4. The summed E-state index contributed by atoms with van der Waals surface area (Å²) in [5.41, 5.74) is 5.18. The summed E-state index contributed by atoms with van der Waals surface area (Å²) in [7, 11) is 1.60. The van der Waals surface area contributed by atoms with Crippen molar-refractivity contribution in [2.24, 2.45) is 5.10 Å². The summed E-state index contributed by atoms with van der Waals surface area (Å²) in [4.78, 5) is 25.2. The number of carbonyl (C=O) groups excluding carboxylic acids is 1. The molecule has 0 fully saturated rings. The van der Waals surface area contributed by atoms with Crippen LogP contribution in [0, 0.1) is 0 Å². The number of methoxy groups -OCH3 is 1. The smallest absolute Gasteiger partial charge is 0.276 e. The summed E-state index contributed by atoms with van der Waals surface area (Å²) in [5.74, 6) is 0.201. The Hall–Kier alpha value is -3.67. The number of benzene rings is 2. The summed E-state index contributed by atoms with van der Waals surface area (Å²) in [6, 6.07) is 18.6. The van der Waals surface area contributed by atoms with Gasteiger partial charge in [-0.15, -0.1) is 0 Å². The highest BCUT2D eigenvalue weighted by molar-refractivity contribution is 5.94. The Kier molecular flexibility index (Phi) is 6.70. The van der Waals surface area contributed by atoms with Crippen molar-refractivity contribution in [3.8, 4) is 5.75 Å². The fraction of sp³-hybridized carbons (Fsp3) is 0.240. The molecule has 0 radical (unpaired) electrons. The molecule has 3 rings (SSSR count). The first-order valence-corrected chi connectivity index (χ1v) is 10.0. The SMILES string of the molecule is COc1ccc(Cn2cccc(C(=O)N/N=C\c3ccc(C(C)(C)C)cc3)c2=O)cc1. The van der Waals surface area contributed by atoms with Crippen LogP contribution in [-0.4, -0.2) is 23.8 Å². The molecule has 1 amide bonds. The maximum absolute atomic E-state index is 12.7. The van der Waals surface area contributed by atoms with Gasteiger partial charge >= 0.3 is 0 Å². The third-order valence-corrected chi connectivity index (χ3v) is 4.93. The molecule has 2 aromatic carbocycles. The average molecular weight is 418 g/mol. The minimum Gasteiger partial charge on any atom is -0.497 e. The van der Waals surface area contributed by atoms with Crippen LogP contribution in [0.5, 0.6) is 5.75 Å². The van der Waals surface area contributed by atoms with E-state index in [9.17, 15) is 9.59 Å². The van der Waals surface area contributed by atoms with Gasteiger partial charge in [-0.1, -0.05) is 57.2 Å². The third-order valence-electron chi connectivity index (χ3n) is 4.93. The second-order valence-corrected chi connectivity index (χ2v) is 8.27. The number of nitrogens with zero attached hydrogens (tertiary/aromatic N) is 2. The molecule has 0 unspecified atom stereocenters. The van der Waals surface area contributed by atoms with Gasteiger partial charge in [0.15, 0.2) is 0 Å². The second-order valence-electron chi connectivity index (χ2n) is 8.27. The number of nitrogens with one attached hydrogen (secondary N) is 1. The van der Waals surface area contributed by atoms with Gasteiger partial charge in [0.1, 0.15) is 11.3 Å². The number of rotatable bonds is 6. The molecular weight excluding hydrogens is 390 g/mol. The van der Waals surface area contributed by atoms with Crippen molar-refractivity contribution in [3.63, 3.8) is 0 Å². The topological polar surface area (TPSA) is 72.7 Å². The molecule has 31 heavy (non-hydrogen) atoms. The molecule has 0 saturated heterocycles.